The van der Waals surface area contributed by atoms with Gasteiger partial charge in [0.25, 0.3) is 0 Å². The van der Waals surface area contributed by atoms with Gasteiger partial charge in [-0.2, -0.15) is 0 Å². The fourth-order valence-electron chi connectivity index (χ4n) is 1.73. The Bertz CT molecular complexity index is 466. The molecule has 3 N–H and O–H groups in total. The van der Waals surface area contributed by atoms with E-state index < -0.39 is 18.3 Å². The molecule has 0 heterocycles. The molecule has 1 aromatic rings. The molecule has 2 amide bonds. The number of carbonyl (C=O) groups excluding carboxylic acids is 1. The van der Waals surface area contributed by atoms with E-state index in [0.29, 0.717) is 5.56 Å². The van der Waals surface area contributed by atoms with Crippen LogP contribution in [0.25, 0.3) is 0 Å². The second-order valence-electron chi connectivity index (χ2n) is 4.37. The number of aliphatic hydroxyl groups is 1. The normalized spacial score (nSPS) is 12.6. The predicted molar refractivity (Wildman–Crippen MR) is 69.9 cm³/mol. The molecule has 0 radical (unpaired) electrons. The van der Waals surface area contributed by atoms with Crippen molar-refractivity contribution >= 4 is 6.03 Å². The smallest absolute Gasteiger partial charge is 0.406 e. The molecule has 1 aromatic carbocycles. The molecule has 0 spiro atoms. The molecular weight excluding hydrogens is 289 g/mol. The Morgan fingerprint density at radius 3 is 2.62 bits per heavy atom. The van der Waals surface area contributed by atoms with Crippen molar-refractivity contribution in [3.05, 3.63) is 29.8 Å². The first-order valence-corrected chi connectivity index (χ1v) is 6.25. The summed E-state index contributed by atoms with van der Waals surface area (Å²) in [7, 11) is 1.44. The summed E-state index contributed by atoms with van der Waals surface area (Å²) < 4.78 is 40.9. The molecule has 0 aromatic heterocycles. The van der Waals surface area contributed by atoms with E-state index in [0.717, 1.165) is 0 Å². The molecule has 5 nitrogen and oxygen atoms in total. The maximum Gasteiger partial charge on any atom is 0.573 e. The minimum absolute atomic E-state index is 0.135. The number of nitrogens with one attached hydrogen (secondary N) is 2. The van der Waals surface area contributed by atoms with Crippen molar-refractivity contribution < 1.29 is 27.8 Å². The van der Waals surface area contributed by atoms with Crippen LogP contribution in [0.5, 0.6) is 5.75 Å². The van der Waals surface area contributed by atoms with E-state index in [2.05, 4.69) is 15.4 Å². The monoisotopic (exact) mass is 306 g/mol. The van der Waals surface area contributed by atoms with Gasteiger partial charge in [0.15, 0.2) is 0 Å². The van der Waals surface area contributed by atoms with E-state index in [1.165, 1.54) is 25.2 Å². The number of amides is 2. The van der Waals surface area contributed by atoms with Crippen molar-refractivity contribution in [2.45, 2.75) is 12.8 Å². The number of benzene rings is 1. The van der Waals surface area contributed by atoms with Crippen molar-refractivity contribution in [2.24, 2.45) is 5.92 Å². The van der Waals surface area contributed by atoms with E-state index in [-0.39, 0.29) is 25.3 Å². The van der Waals surface area contributed by atoms with Crippen LogP contribution in [0.4, 0.5) is 18.0 Å². The molecular formula is C13H17F3N2O3. The zero-order chi connectivity index (χ0) is 15.9. The minimum Gasteiger partial charge on any atom is -0.406 e. The Morgan fingerprint density at radius 1 is 1.38 bits per heavy atom. The Hall–Kier alpha value is -1.96. The standard InChI is InChI=1S/C13H17F3N2O3/c1-17-12(20)18-7-9(8-19)6-10-4-2-3-5-11(10)21-13(14,15)16/h2-5,9,19H,6-8H2,1H3,(H2,17,18,20)/t9-/m0/s1. The average Bonchev–Trinajstić information content (AvgIpc) is 2.43. The number of alkyl halides is 3. The van der Waals surface area contributed by atoms with Gasteiger partial charge in [0.05, 0.1) is 0 Å². The molecule has 0 saturated carbocycles. The van der Waals surface area contributed by atoms with E-state index in [4.69, 9.17) is 0 Å². The number of hydrogen-bond donors (Lipinski definition) is 3. The summed E-state index contributed by atoms with van der Waals surface area (Å²) in [6.45, 7) is -0.138. The van der Waals surface area contributed by atoms with Crippen molar-refractivity contribution in [1.82, 2.24) is 10.6 Å². The molecule has 0 bridgehead atoms. The SMILES string of the molecule is CNC(=O)NC[C@@H](CO)Cc1ccccc1OC(F)(F)F. The quantitative estimate of drug-likeness (QED) is 0.748. The number of hydrogen-bond acceptors (Lipinski definition) is 3. The van der Waals surface area contributed by atoms with Gasteiger partial charge in [0.1, 0.15) is 5.75 Å². The summed E-state index contributed by atoms with van der Waals surface area (Å²) in [6, 6.07) is 5.29. The molecule has 0 unspecified atom stereocenters. The van der Waals surface area contributed by atoms with Gasteiger partial charge < -0.3 is 20.5 Å². The van der Waals surface area contributed by atoms with Crippen LogP contribution in [0.15, 0.2) is 24.3 Å². The van der Waals surface area contributed by atoms with Gasteiger partial charge in [-0.05, 0) is 18.1 Å². The van der Waals surface area contributed by atoms with Gasteiger partial charge in [0.2, 0.25) is 0 Å². The van der Waals surface area contributed by atoms with E-state index in [9.17, 15) is 23.1 Å². The third kappa shape index (κ3) is 6.35. The lowest BCUT2D eigenvalue weighted by molar-refractivity contribution is -0.274. The number of para-hydroxylation sites is 1. The zero-order valence-corrected chi connectivity index (χ0v) is 11.4. The lowest BCUT2D eigenvalue weighted by Crippen LogP contribution is -2.37. The Balaban J connectivity index is 2.73. The third-order valence-corrected chi connectivity index (χ3v) is 2.74. The molecule has 1 rings (SSSR count). The highest BCUT2D eigenvalue weighted by molar-refractivity contribution is 5.73. The molecule has 0 saturated heterocycles. The van der Waals surface area contributed by atoms with Crippen LogP contribution in [0.2, 0.25) is 0 Å². The number of aliphatic hydroxyl groups excluding tert-OH is 1. The molecule has 1 atom stereocenters. The Labute approximate surface area is 120 Å². The number of urea groups is 1. The van der Waals surface area contributed by atoms with Crippen molar-refractivity contribution in [3.8, 4) is 5.75 Å². The van der Waals surface area contributed by atoms with Gasteiger partial charge >= 0.3 is 12.4 Å². The van der Waals surface area contributed by atoms with Gasteiger partial charge in [-0.3, -0.25) is 0 Å². The largest absolute Gasteiger partial charge is 0.573 e. The van der Waals surface area contributed by atoms with Crippen molar-refractivity contribution in [3.63, 3.8) is 0 Å². The van der Waals surface area contributed by atoms with E-state index in [1.54, 1.807) is 6.07 Å². The Morgan fingerprint density at radius 2 is 2.05 bits per heavy atom. The number of carbonyl (C=O) groups is 1. The van der Waals surface area contributed by atoms with Gasteiger partial charge in [-0.15, -0.1) is 13.2 Å². The summed E-state index contributed by atoms with van der Waals surface area (Å²) in [6.07, 6.45) is -4.63. The van der Waals surface area contributed by atoms with E-state index in [1.807, 2.05) is 0 Å². The van der Waals surface area contributed by atoms with Crippen LogP contribution in [-0.4, -0.2) is 37.7 Å². The van der Waals surface area contributed by atoms with Crippen LogP contribution in [0.3, 0.4) is 0 Å². The summed E-state index contributed by atoms with van der Waals surface area (Å²) in [5.41, 5.74) is 0.313. The van der Waals surface area contributed by atoms with Crippen LogP contribution < -0.4 is 15.4 Å². The highest BCUT2D eigenvalue weighted by Crippen LogP contribution is 2.27. The molecule has 21 heavy (non-hydrogen) atoms. The summed E-state index contributed by atoms with van der Waals surface area (Å²) in [4.78, 5) is 11.1. The molecule has 0 fully saturated rings. The highest BCUT2D eigenvalue weighted by Gasteiger charge is 2.32. The maximum atomic E-state index is 12.3. The van der Waals surface area contributed by atoms with Crippen LogP contribution in [-0.2, 0) is 6.42 Å². The predicted octanol–water partition coefficient (Wildman–Crippen LogP) is 1.67. The number of ether oxygens (including phenoxy) is 1. The van der Waals surface area contributed by atoms with Crippen LogP contribution in [0.1, 0.15) is 5.56 Å². The molecule has 0 aliphatic heterocycles. The van der Waals surface area contributed by atoms with Gasteiger partial charge in [-0.1, -0.05) is 18.2 Å². The zero-order valence-electron chi connectivity index (χ0n) is 11.4. The first-order chi connectivity index (χ1) is 9.85. The van der Waals surface area contributed by atoms with Crippen LogP contribution in [0, 0.1) is 5.92 Å². The van der Waals surface area contributed by atoms with E-state index >= 15 is 0 Å². The second kappa shape index (κ2) is 7.72. The topological polar surface area (TPSA) is 70.6 Å². The van der Waals surface area contributed by atoms with Crippen molar-refractivity contribution in [1.29, 1.82) is 0 Å². The fraction of sp³-hybridized carbons (Fsp3) is 0.462. The minimum atomic E-state index is -4.77. The van der Waals surface area contributed by atoms with Gasteiger partial charge in [0, 0.05) is 26.1 Å². The average molecular weight is 306 g/mol. The molecule has 0 aliphatic carbocycles. The lowest BCUT2D eigenvalue weighted by atomic mass is 9.99. The Kier molecular flexibility index (Phi) is 6.29. The highest BCUT2D eigenvalue weighted by atomic mass is 19.4. The van der Waals surface area contributed by atoms with Crippen molar-refractivity contribution in [2.75, 3.05) is 20.2 Å². The number of halogens is 3. The molecule has 8 heteroatoms. The maximum absolute atomic E-state index is 12.3. The summed E-state index contributed by atoms with van der Waals surface area (Å²) in [5, 5.41) is 14.1. The molecule has 0 aliphatic rings. The third-order valence-electron chi connectivity index (χ3n) is 2.74. The summed E-state index contributed by atoms with van der Waals surface area (Å²) >= 11 is 0. The first kappa shape index (κ1) is 17.1. The van der Waals surface area contributed by atoms with Gasteiger partial charge in [-0.25, -0.2) is 4.79 Å². The number of rotatable bonds is 6. The fourth-order valence-corrected chi connectivity index (χ4v) is 1.73. The second-order valence-corrected chi connectivity index (χ2v) is 4.37. The summed E-state index contributed by atoms with van der Waals surface area (Å²) in [5.74, 6) is -0.719. The molecule has 118 valence electrons. The van der Waals surface area contributed by atoms with Crippen LogP contribution >= 0.6 is 0 Å². The first-order valence-electron chi connectivity index (χ1n) is 6.25. The lowest BCUT2D eigenvalue weighted by Gasteiger charge is -2.18.